The van der Waals surface area contributed by atoms with Crippen molar-refractivity contribution in [2.45, 2.75) is 117 Å². The highest BCUT2D eigenvalue weighted by molar-refractivity contribution is 5.94. The van der Waals surface area contributed by atoms with Crippen molar-refractivity contribution in [3.63, 3.8) is 0 Å². The van der Waals surface area contributed by atoms with Crippen LogP contribution in [0.1, 0.15) is 130 Å². The molecular weight excluding hydrogens is 624 g/mol. The molecule has 270 valence electrons. The first-order chi connectivity index (χ1) is 23.8. The predicted octanol–water partition coefficient (Wildman–Crippen LogP) is 7.80. The summed E-state index contributed by atoms with van der Waals surface area (Å²) in [6.07, 6.45) is 13.0. The molecule has 7 heteroatoms. The van der Waals surface area contributed by atoms with Crippen molar-refractivity contribution in [3.8, 4) is 0 Å². The van der Waals surface area contributed by atoms with Gasteiger partial charge in [-0.15, -0.1) is 0 Å². The third kappa shape index (κ3) is 5.80. The number of aliphatic hydroxyl groups is 1. The number of carbonyl (C=O) groups is 3. The van der Waals surface area contributed by atoms with E-state index in [0.29, 0.717) is 60.1 Å². The number of fused-ring (bicyclic) bond motifs is 7. The van der Waals surface area contributed by atoms with Gasteiger partial charge >= 0.3 is 5.97 Å². The third-order valence-electron chi connectivity index (χ3n) is 15.5. The fraction of sp³-hybridized carbons (Fsp3) is 0.651. The number of rotatable bonds is 8. The molecular formula is C43H58N2O5. The summed E-state index contributed by atoms with van der Waals surface area (Å²) in [5.74, 6) is 2.17. The maximum absolute atomic E-state index is 14.2. The van der Waals surface area contributed by atoms with E-state index in [1.165, 1.54) is 44.2 Å². The number of hydrogen-bond donors (Lipinski definition) is 4. The molecule has 5 aliphatic rings. The summed E-state index contributed by atoms with van der Waals surface area (Å²) in [4.78, 5) is 38.2. The lowest BCUT2D eigenvalue weighted by molar-refractivity contribution is -0.214. The number of aromatic carboxylic acids is 1. The summed E-state index contributed by atoms with van der Waals surface area (Å²) in [5, 5.41) is 26.4. The van der Waals surface area contributed by atoms with Crippen LogP contribution in [0.25, 0.3) is 0 Å². The van der Waals surface area contributed by atoms with E-state index in [1.54, 1.807) is 18.2 Å². The Bertz CT molecular complexity index is 1620. The van der Waals surface area contributed by atoms with Gasteiger partial charge in [0.15, 0.2) is 0 Å². The number of carbonyl (C=O) groups excluding carboxylic acids is 2. The van der Waals surface area contributed by atoms with E-state index in [2.05, 4.69) is 38.3 Å². The summed E-state index contributed by atoms with van der Waals surface area (Å²) < 4.78 is 0. The second-order valence-electron chi connectivity index (χ2n) is 18.0. The molecule has 0 aliphatic heterocycles. The van der Waals surface area contributed by atoms with Crippen molar-refractivity contribution in [1.82, 2.24) is 10.6 Å². The number of nitrogens with one attached hydrogen (secondary N) is 2. The van der Waals surface area contributed by atoms with Crippen LogP contribution in [0.15, 0.2) is 48.5 Å². The Hall–Kier alpha value is -3.19. The lowest BCUT2D eigenvalue weighted by Crippen LogP contribution is -2.63. The quantitative estimate of drug-likeness (QED) is 0.227. The summed E-state index contributed by atoms with van der Waals surface area (Å²) in [6.45, 7) is 10.7. The number of amides is 2. The molecule has 7 nitrogen and oxygen atoms in total. The second kappa shape index (κ2) is 13.1. The zero-order valence-electron chi connectivity index (χ0n) is 30.6. The maximum Gasteiger partial charge on any atom is 0.335 e. The van der Waals surface area contributed by atoms with Crippen molar-refractivity contribution in [3.05, 3.63) is 70.8 Å². The Kier molecular flexibility index (Phi) is 9.23. The van der Waals surface area contributed by atoms with E-state index in [4.69, 9.17) is 5.11 Å². The first kappa shape index (κ1) is 35.2. The molecule has 0 saturated heterocycles. The molecule has 0 spiro atoms. The van der Waals surface area contributed by atoms with Crippen LogP contribution < -0.4 is 10.6 Å². The third-order valence-corrected chi connectivity index (χ3v) is 15.5. The Balaban J connectivity index is 0.967. The first-order valence-electron chi connectivity index (χ1n) is 19.5. The fourth-order valence-electron chi connectivity index (χ4n) is 13.0. The summed E-state index contributed by atoms with van der Waals surface area (Å²) in [5.41, 5.74) is 2.98. The topological polar surface area (TPSA) is 116 Å². The number of carboxylic acids is 1. The second-order valence-corrected chi connectivity index (χ2v) is 18.0. The number of aliphatic hydroxyl groups excluding tert-OH is 1. The van der Waals surface area contributed by atoms with E-state index in [1.807, 2.05) is 18.2 Å². The average molecular weight is 683 g/mol. The Morgan fingerprint density at radius 1 is 0.740 bits per heavy atom. The van der Waals surface area contributed by atoms with E-state index >= 15 is 0 Å². The van der Waals surface area contributed by atoms with E-state index in [-0.39, 0.29) is 39.7 Å². The number of benzene rings is 2. The lowest BCUT2D eigenvalue weighted by atomic mass is 9.36. The van der Waals surface area contributed by atoms with Crippen molar-refractivity contribution in [2.75, 3.05) is 6.54 Å². The van der Waals surface area contributed by atoms with Gasteiger partial charge in [-0.3, -0.25) is 9.59 Å². The Labute approximate surface area is 298 Å². The molecule has 5 aliphatic carbocycles. The predicted molar refractivity (Wildman–Crippen MR) is 194 cm³/mol. The van der Waals surface area contributed by atoms with E-state index in [9.17, 15) is 19.5 Å². The first-order valence-corrected chi connectivity index (χ1v) is 19.5. The zero-order chi connectivity index (χ0) is 35.5. The molecule has 2 amide bonds. The van der Waals surface area contributed by atoms with Crippen LogP contribution in [0, 0.1) is 51.2 Å². The molecule has 50 heavy (non-hydrogen) atoms. The highest BCUT2D eigenvalue weighted by Crippen LogP contribution is 2.73. The Morgan fingerprint density at radius 3 is 2.26 bits per heavy atom. The van der Waals surface area contributed by atoms with Crippen LogP contribution in [-0.4, -0.2) is 40.6 Å². The minimum Gasteiger partial charge on any atom is -0.478 e. The van der Waals surface area contributed by atoms with Crippen LogP contribution >= 0.6 is 0 Å². The lowest BCUT2D eigenvalue weighted by Gasteiger charge is -2.69. The standard InChI is InChI=1S/C43H58N2O5/c1-40(2)34-17-21-41(3)32-16-23-43(20-6-9-33(43)31(32)14-15-35(41)42(34,4)22-18-36(40)46)39(50)44-24-19-27-7-5-8-30(25-27)37(47)45-26-28-10-12-29(13-11-28)38(48)49/h5,7-8,10-13,25,31-36,46H,6,9,14-24,26H2,1-4H3,(H,44,50)(H,45,47)(H,48,49). The smallest absolute Gasteiger partial charge is 0.335 e. The highest BCUT2D eigenvalue weighted by Gasteiger charge is 2.67. The maximum atomic E-state index is 14.2. The van der Waals surface area contributed by atoms with Crippen molar-refractivity contribution >= 4 is 17.8 Å². The van der Waals surface area contributed by atoms with Gasteiger partial charge in [-0.25, -0.2) is 4.79 Å². The van der Waals surface area contributed by atoms with E-state index < -0.39 is 5.97 Å². The summed E-state index contributed by atoms with van der Waals surface area (Å²) in [6, 6.07) is 14.1. The van der Waals surface area contributed by atoms with Gasteiger partial charge in [0.25, 0.3) is 5.91 Å². The fourth-order valence-corrected chi connectivity index (χ4v) is 13.0. The van der Waals surface area contributed by atoms with Crippen LogP contribution in [0.3, 0.4) is 0 Å². The van der Waals surface area contributed by atoms with Crippen LogP contribution in [-0.2, 0) is 17.8 Å². The minimum atomic E-state index is -0.973. The van der Waals surface area contributed by atoms with Crippen LogP contribution in [0.5, 0.6) is 0 Å². The molecule has 5 saturated carbocycles. The van der Waals surface area contributed by atoms with E-state index in [0.717, 1.165) is 49.7 Å². The zero-order valence-corrected chi connectivity index (χ0v) is 30.6. The van der Waals surface area contributed by atoms with Gasteiger partial charge in [-0.2, -0.15) is 0 Å². The molecule has 4 N–H and O–H groups in total. The van der Waals surface area contributed by atoms with Gasteiger partial charge < -0.3 is 20.8 Å². The van der Waals surface area contributed by atoms with Gasteiger partial charge in [0.2, 0.25) is 5.91 Å². The van der Waals surface area contributed by atoms with Gasteiger partial charge in [-0.1, -0.05) is 58.4 Å². The minimum absolute atomic E-state index is 0.0243. The molecule has 2 aromatic carbocycles. The van der Waals surface area contributed by atoms with Crippen molar-refractivity contribution in [2.24, 2.45) is 51.2 Å². The SMILES string of the molecule is CC1(C)C(O)CCC2(C)C1CCC1(C)C3CCC4(C(=O)NCCc5cccc(C(=O)NCc6ccc(C(=O)O)cc6)c5)CCCC4C3CCC12. The average Bonchev–Trinajstić information content (AvgIpc) is 3.55. The largest absolute Gasteiger partial charge is 0.478 e. The van der Waals surface area contributed by atoms with Gasteiger partial charge in [0.1, 0.15) is 0 Å². The number of hydrogen-bond acceptors (Lipinski definition) is 4. The van der Waals surface area contributed by atoms with Crippen molar-refractivity contribution < 1.29 is 24.6 Å². The van der Waals surface area contributed by atoms with Gasteiger partial charge in [0.05, 0.1) is 17.1 Å². The van der Waals surface area contributed by atoms with Crippen molar-refractivity contribution in [1.29, 1.82) is 0 Å². The normalized spacial score (nSPS) is 37.0. The molecule has 9 atom stereocenters. The molecule has 0 heterocycles. The summed E-state index contributed by atoms with van der Waals surface area (Å²) >= 11 is 0. The number of carboxylic acid groups (broad SMARTS) is 1. The summed E-state index contributed by atoms with van der Waals surface area (Å²) in [7, 11) is 0. The molecule has 0 radical (unpaired) electrons. The van der Waals surface area contributed by atoms with Gasteiger partial charge in [-0.05, 0) is 152 Å². The molecule has 0 bridgehead atoms. The molecule has 7 rings (SSSR count). The molecule has 9 unspecified atom stereocenters. The molecule has 0 aromatic heterocycles. The Morgan fingerprint density at radius 2 is 1.50 bits per heavy atom. The van der Waals surface area contributed by atoms with Crippen LogP contribution in [0.2, 0.25) is 0 Å². The molecule has 2 aromatic rings. The monoisotopic (exact) mass is 682 g/mol. The highest BCUT2D eigenvalue weighted by atomic mass is 16.4. The van der Waals surface area contributed by atoms with Crippen LogP contribution in [0.4, 0.5) is 0 Å². The van der Waals surface area contributed by atoms with Gasteiger partial charge in [0, 0.05) is 18.7 Å². The molecule has 5 fully saturated rings.